The number of carbonyl (C=O) groups is 2. The Morgan fingerprint density at radius 1 is 1.11 bits per heavy atom. The van der Waals surface area contributed by atoms with Crippen LogP contribution in [0.2, 0.25) is 0 Å². The summed E-state index contributed by atoms with van der Waals surface area (Å²) in [6.07, 6.45) is 4.16. The molecule has 0 N–H and O–H groups in total. The van der Waals surface area contributed by atoms with E-state index < -0.39 is 0 Å². The molecule has 19 heavy (non-hydrogen) atoms. The topological polar surface area (TPSA) is 46.6 Å². The van der Waals surface area contributed by atoms with Gasteiger partial charge in [-0.1, -0.05) is 25.1 Å². The number of rotatable bonds is 6. The predicted octanol–water partition coefficient (Wildman–Crippen LogP) is 1.94. The van der Waals surface area contributed by atoms with Gasteiger partial charge in [-0.2, -0.15) is 0 Å². The van der Waals surface area contributed by atoms with E-state index in [0.717, 1.165) is 17.7 Å². The fourth-order valence-corrected chi connectivity index (χ4v) is 1.99. The molecule has 0 fully saturated rings. The number of benzene rings is 1. The van der Waals surface area contributed by atoms with Crippen LogP contribution in [0.5, 0.6) is 5.75 Å². The highest BCUT2D eigenvalue weighted by atomic mass is 16.5. The molecule has 0 saturated carbocycles. The molecule has 0 spiro atoms. The molecule has 2 rings (SSSR count). The van der Waals surface area contributed by atoms with E-state index in [-0.39, 0.29) is 11.8 Å². The monoisotopic (exact) mass is 259 g/mol. The van der Waals surface area contributed by atoms with E-state index in [0.29, 0.717) is 19.6 Å². The van der Waals surface area contributed by atoms with Crippen LogP contribution >= 0.6 is 0 Å². The van der Waals surface area contributed by atoms with Gasteiger partial charge in [0.2, 0.25) is 0 Å². The first-order valence-electron chi connectivity index (χ1n) is 6.46. The van der Waals surface area contributed by atoms with E-state index in [4.69, 9.17) is 4.74 Å². The van der Waals surface area contributed by atoms with Crippen LogP contribution in [0.15, 0.2) is 36.4 Å². The van der Waals surface area contributed by atoms with Crippen molar-refractivity contribution in [2.75, 3.05) is 13.2 Å². The van der Waals surface area contributed by atoms with Crippen molar-refractivity contribution in [1.82, 2.24) is 4.90 Å². The Hall–Kier alpha value is -2.10. The first-order chi connectivity index (χ1) is 9.22. The van der Waals surface area contributed by atoms with Gasteiger partial charge in [0, 0.05) is 18.7 Å². The number of ether oxygens (including phenoxy) is 1. The molecular weight excluding hydrogens is 242 g/mol. The number of amides is 2. The van der Waals surface area contributed by atoms with Crippen molar-refractivity contribution in [3.8, 4) is 5.75 Å². The van der Waals surface area contributed by atoms with E-state index >= 15 is 0 Å². The highest BCUT2D eigenvalue weighted by Gasteiger charge is 2.22. The molecule has 0 bridgehead atoms. The summed E-state index contributed by atoms with van der Waals surface area (Å²) >= 11 is 0. The highest BCUT2D eigenvalue weighted by molar-refractivity contribution is 6.12. The predicted molar refractivity (Wildman–Crippen MR) is 71.8 cm³/mol. The lowest BCUT2D eigenvalue weighted by atomic mass is 10.1. The molecule has 1 aliphatic heterocycles. The average molecular weight is 259 g/mol. The number of hydrogen-bond acceptors (Lipinski definition) is 3. The molecule has 1 heterocycles. The van der Waals surface area contributed by atoms with Crippen molar-refractivity contribution in [2.24, 2.45) is 0 Å². The largest absolute Gasteiger partial charge is 0.493 e. The minimum Gasteiger partial charge on any atom is -0.493 e. The molecule has 2 amide bonds. The first kappa shape index (κ1) is 13.3. The van der Waals surface area contributed by atoms with Crippen molar-refractivity contribution >= 4 is 11.8 Å². The number of nitrogens with zero attached hydrogens (tertiary/aromatic N) is 1. The normalized spacial score (nSPS) is 14.3. The molecule has 0 aromatic heterocycles. The number of carbonyl (C=O) groups excluding carboxylic acids is 2. The number of para-hydroxylation sites is 1. The average Bonchev–Trinajstić information content (AvgIpc) is 2.75. The van der Waals surface area contributed by atoms with Gasteiger partial charge in [0.1, 0.15) is 5.75 Å². The molecule has 0 aliphatic carbocycles. The summed E-state index contributed by atoms with van der Waals surface area (Å²) in [5.74, 6) is 0.403. The lowest BCUT2D eigenvalue weighted by Gasteiger charge is -2.14. The molecule has 1 aliphatic rings. The maximum absolute atomic E-state index is 11.3. The van der Waals surface area contributed by atoms with E-state index in [2.05, 4.69) is 6.92 Å². The third kappa shape index (κ3) is 3.22. The first-order valence-corrected chi connectivity index (χ1v) is 6.46. The molecule has 0 atom stereocenters. The Balaban J connectivity index is 1.78. The van der Waals surface area contributed by atoms with Gasteiger partial charge in [0.25, 0.3) is 11.8 Å². The van der Waals surface area contributed by atoms with Crippen LogP contribution in [0, 0.1) is 0 Å². The van der Waals surface area contributed by atoms with Gasteiger partial charge in [-0.25, -0.2) is 0 Å². The Bertz CT molecular complexity index is 490. The Kier molecular flexibility index (Phi) is 4.34. The second-order valence-electron chi connectivity index (χ2n) is 4.32. The molecule has 1 aromatic rings. The lowest BCUT2D eigenvalue weighted by Crippen LogP contribution is -2.31. The third-order valence-electron chi connectivity index (χ3n) is 3.04. The zero-order valence-corrected chi connectivity index (χ0v) is 11.0. The SMILES string of the molecule is CCc1ccccc1OCCCN1C(=O)C=CC1=O. The van der Waals surface area contributed by atoms with E-state index in [1.165, 1.54) is 17.1 Å². The number of imide groups is 1. The molecular formula is C15H17NO3. The fourth-order valence-electron chi connectivity index (χ4n) is 1.99. The second kappa shape index (κ2) is 6.18. The Labute approximate surface area is 112 Å². The van der Waals surface area contributed by atoms with Crippen LogP contribution in [-0.4, -0.2) is 29.9 Å². The van der Waals surface area contributed by atoms with Crippen molar-refractivity contribution in [1.29, 1.82) is 0 Å². The van der Waals surface area contributed by atoms with Crippen LogP contribution in [-0.2, 0) is 16.0 Å². The molecule has 0 unspecified atom stereocenters. The maximum Gasteiger partial charge on any atom is 0.253 e. The van der Waals surface area contributed by atoms with Gasteiger partial charge in [-0.3, -0.25) is 14.5 Å². The van der Waals surface area contributed by atoms with Crippen molar-refractivity contribution in [3.63, 3.8) is 0 Å². The third-order valence-corrected chi connectivity index (χ3v) is 3.04. The summed E-state index contributed by atoms with van der Waals surface area (Å²) < 4.78 is 5.69. The van der Waals surface area contributed by atoms with Gasteiger partial charge < -0.3 is 4.74 Å². The molecule has 4 heteroatoms. The Morgan fingerprint density at radius 3 is 2.47 bits per heavy atom. The van der Waals surface area contributed by atoms with Gasteiger partial charge in [-0.05, 0) is 24.5 Å². The van der Waals surface area contributed by atoms with E-state index in [1.807, 2.05) is 24.3 Å². The molecule has 4 nitrogen and oxygen atoms in total. The second-order valence-corrected chi connectivity index (χ2v) is 4.32. The summed E-state index contributed by atoms with van der Waals surface area (Å²) in [6.45, 7) is 2.97. The zero-order valence-electron chi connectivity index (χ0n) is 11.0. The van der Waals surface area contributed by atoms with Crippen molar-refractivity contribution in [2.45, 2.75) is 19.8 Å². The summed E-state index contributed by atoms with van der Waals surface area (Å²) in [5, 5.41) is 0. The molecule has 0 radical (unpaired) electrons. The van der Waals surface area contributed by atoms with Crippen molar-refractivity contribution < 1.29 is 14.3 Å². The van der Waals surface area contributed by atoms with Gasteiger partial charge in [0.15, 0.2) is 0 Å². The van der Waals surface area contributed by atoms with Gasteiger partial charge >= 0.3 is 0 Å². The lowest BCUT2D eigenvalue weighted by molar-refractivity contribution is -0.136. The fraction of sp³-hybridized carbons (Fsp3) is 0.333. The van der Waals surface area contributed by atoms with Crippen LogP contribution in [0.1, 0.15) is 18.9 Å². The summed E-state index contributed by atoms with van der Waals surface area (Å²) in [6, 6.07) is 7.89. The molecule has 1 aromatic carbocycles. The van der Waals surface area contributed by atoms with Crippen molar-refractivity contribution in [3.05, 3.63) is 42.0 Å². The van der Waals surface area contributed by atoms with Crippen LogP contribution in [0.3, 0.4) is 0 Å². The summed E-state index contributed by atoms with van der Waals surface area (Å²) in [7, 11) is 0. The summed E-state index contributed by atoms with van der Waals surface area (Å²) in [5.41, 5.74) is 1.16. The highest BCUT2D eigenvalue weighted by Crippen LogP contribution is 2.18. The van der Waals surface area contributed by atoms with E-state index in [1.54, 1.807) is 0 Å². The molecule has 100 valence electrons. The number of aryl methyl sites for hydroxylation is 1. The maximum atomic E-state index is 11.3. The quantitative estimate of drug-likeness (QED) is 0.579. The minimum absolute atomic E-state index is 0.237. The minimum atomic E-state index is -0.237. The summed E-state index contributed by atoms with van der Waals surface area (Å²) in [4.78, 5) is 23.9. The van der Waals surface area contributed by atoms with Crippen LogP contribution in [0.4, 0.5) is 0 Å². The molecule has 0 saturated heterocycles. The standard InChI is InChI=1S/C15H17NO3/c1-2-12-6-3-4-7-13(12)19-11-5-10-16-14(17)8-9-15(16)18/h3-4,6-9H,2,5,10-11H2,1H3. The number of hydrogen-bond donors (Lipinski definition) is 0. The van der Waals surface area contributed by atoms with Gasteiger partial charge in [0.05, 0.1) is 6.61 Å². The van der Waals surface area contributed by atoms with E-state index in [9.17, 15) is 9.59 Å². The Morgan fingerprint density at radius 2 is 1.79 bits per heavy atom. The zero-order chi connectivity index (χ0) is 13.7. The van der Waals surface area contributed by atoms with Gasteiger partial charge in [-0.15, -0.1) is 0 Å². The van der Waals surface area contributed by atoms with Crippen LogP contribution in [0.25, 0.3) is 0 Å². The van der Waals surface area contributed by atoms with Crippen LogP contribution < -0.4 is 4.74 Å². The smallest absolute Gasteiger partial charge is 0.253 e.